The first kappa shape index (κ1) is 13.2. The topological polar surface area (TPSA) is 12.0 Å². The van der Waals surface area contributed by atoms with Crippen molar-refractivity contribution in [3.05, 3.63) is 0 Å². The van der Waals surface area contributed by atoms with Gasteiger partial charge in [-0.25, -0.2) is 0 Å². The Hall–Kier alpha value is -0.250. The van der Waals surface area contributed by atoms with Crippen LogP contribution in [-0.4, -0.2) is 18.8 Å². The lowest BCUT2D eigenvalue weighted by Gasteiger charge is -2.33. The molecule has 17 heavy (non-hydrogen) atoms. The first-order chi connectivity index (χ1) is 8.07. The van der Waals surface area contributed by atoms with Crippen molar-refractivity contribution in [1.82, 2.24) is 5.32 Å². The van der Waals surface area contributed by atoms with Gasteiger partial charge >= 0.3 is 6.18 Å². The zero-order valence-corrected chi connectivity index (χ0v) is 10.2. The normalized spacial score (nSPS) is 30.5. The predicted octanol–water partition coefficient (Wildman–Crippen LogP) is 3.89. The summed E-state index contributed by atoms with van der Waals surface area (Å²) in [7, 11) is 0. The Kier molecular flexibility index (Phi) is 4.34. The molecule has 0 aromatic carbocycles. The highest BCUT2D eigenvalue weighted by atomic mass is 19.4. The minimum absolute atomic E-state index is 0.309. The molecule has 0 radical (unpaired) electrons. The average molecular weight is 249 g/mol. The Morgan fingerprint density at radius 2 is 1.71 bits per heavy atom. The van der Waals surface area contributed by atoms with Crippen molar-refractivity contribution in [3.63, 3.8) is 0 Å². The van der Waals surface area contributed by atoms with Gasteiger partial charge < -0.3 is 5.32 Å². The molecule has 0 heterocycles. The molecule has 2 unspecified atom stereocenters. The summed E-state index contributed by atoms with van der Waals surface area (Å²) in [6, 6.07) is -0.331. The number of alkyl halides is 3. The molecule has 2 aliphatic rings. The van der Waals surface area contributed by atoms with E-state index in [-0.39, 0.29) is 6.04 Å². The third kappa shape index (κ3) is 4.16. The molecular formula is C13H22F3N. The zero-order chi connectivity index (χ0) is 12.3. The van der Waals surface area contributed by atoms with Gasteiger partial charge in [0.2, 0.25) is 0 Å². The summed E-state index contributed by atoms with van der Waals surface area (Å²) in [6.07, 6.45) is 3.52. The van der Waals surface area contributed by atoms with Gasteiger partial charge in [-0.1, -0.05) is 25.7 Å². The van der Waals surface area contributed by atoms with Gasteiger partial charge in [0.1, 0.15) is 0 Å². The monoisotopic (exact) mass is 249 g/mol. The van der Waals surface area contributed by atoms with Crippen LogP contribution in [0.3, 0.4) is 0 Å². The molecule has 0 spiro atoms. The van der Waals surface area contributed by atoms with Crippen LogP contribution in [0.15, 0.2) is 0 Å². The predicted molar refractivity (Wildman–Crippen MR) is 61.8 cm³/mol. The molecule has 2 saturated carbocycles. The molecule has 2 atom stereocenters. The zero-order valence-electron chi connectivity index (χ0n) is 10.2. The SMILES string of the molecule is FC(F)(F)C1CCCCC1NCCCC1CC1. The van der Waals surface area contributed by atoms with Crippen molar-refractivity contribution in [2.24, 2.45) is 11.8 Å². The first-order valence-electron chi connectivity index (χ1n) is 6.87. The highest BCUT2D eigenvalue weighted by molar-refractivity contribution is 4.85. The molecule has 2 fully saturated rings. The van der Waals surface area contributed by atoms with E-state index in [0.29, 0.717) is 12.8 Å². The van der Waals surface area contributed by atoms with E-state index in [4.69, 9.17) is 0 Å². The lowest BCUT2D eigenvalue weighted by Crippen LogP contribution is -2.45. The summed E-state index contributed by atoms with van der Waals surface area (Å²) in [4.78, 5) is 0. The highest BCUT2D eigenvalue weighted by Gasteiger charge is 2.45. The van der Waals surface area contributed by atoms with Crippen LogP contribution in [0.2, 0.25) is 0 Å². The molecule has 100 valence electrons. The minimum Gasteiger partial charge on any atom is -0.313 e. The van der Waals surface area contributed by atoms with E-state index in [1.165, 1.54) is 19.3 Å². The van der Waals surface area contributed by atoms with E-state index in [9.17, 15) is 13.2 Å². The Morgan fingerprint density at radius 1 is 1.00 bits per heavy atom. The number of hydrogen-bond acceptors (Lipinski definition) is 1. The number of hydrogen-bond donors (Lipinski definition) is 1. The summed E-state index contributed by atoms with van der Waals surface area (Å²) in [6.45, 7) is 0.758. The molecule has 2 aliphatic carbocycles. The fraction of sp³-hybridized carbons (Fsp3) is 1.00. The molecule has 4 heteroatoms. The van der Waals surface area contributed by atoms with Gasteiger partial charge in [-0.05, 0) is 38.1 Å². The molecule has 0 bridgehead atoms. The molecule has 1 nitrogen and oxygen atoms in total. The Balaban J connectivity index is 1.71. The first-order valence-corrected chi connectivity index (χ1v) is 6.87. The lowest BCUT2D eigenvalue weighted by atomic mass is 9.84. The van der Waals surface area contributed by atoms with Crippen LogP contribution in [-0.2, 0) is 0 Å². The van der Waals surface area contributed by atoms with Gasteiger partial charge in [0.25, 0.3) is 0 Å². The fourth-order valence-corrected chi connectivity index (χ4v) is 2.85. The Labute approximate surface area is 101 Å². The van der Waals surface area contributed by atoms with Crippen molar-refractivity contribution in [2.45, 2.75) is 63.6 Å². The third-order valence-electron chi connectivity index (χ3n) is 4.08. The van der Waals surface area contributed by atoms with Crippen LogP contribution < -0.4 is 5.32 Å². The molecule has 1 N–H and O–H groups in total. The van der Waals surface area contributed by atoms with Crippen LogP contribution in [0.25, 0.3) is 0 Å². The smallest absolute Gasteiger partial charge is 0.313 e. The Morgan fingerprint density at radius 3 is 2.35 bits per heavy atom. The lowest BCUT2D eigenvalue weighted by molar-refractivity contribution is -0.188. The van der Waals surface area contributed by atoms with Crippen molar-refractivity contribution >= 4 is 0 Å². The van der Waals surface area contributed by atoms with Gasteiger partial charge in [-0.2, -0.15) is 13.2 Å². The van der Waals surface area contributed by atoms with E-state index < -0.39 is 12.1 Å². The summed E-state index contributed by atoms with van der Waals surface area (Å²) < 4.78 is 38.4. The van der Waals surface area contributed by atoms with E-state index in [1.807, 2.05) is 0 Å². The quantitative estimate of drug-likeness (QED) is 0.729. The highest BCUT2D eigenvalue weighted by Crippen LogP contribution is 2.38. The van der Waals surface area contributed by atoms with Crippen LogP contribution in [0.4, 0.5) is 13.2 Å². The molecular weight excluding hydrogens is 227 g/mol. The largest absolute Gasteiger partial charge is 0.393 e. The number of rotatable bonds is 5. The van der Waals surface area contributed by atoms with Crippen LogP contribution in [0, 0.1) is 11.8 Å². The maximum atomic E-state index is 12.8. The van der Waals surface area contributed by atoms with Crippen LogP contribution in [0.1, 0.15) is 51.4 Å². The van der Waals surface area contributed by atoms with Gasteiger partial charge in [-0.3, -0.25) is 0 Å². The van der Waals surface area contributed by atoms with Crippen molar-refractivity contribution in [3.8, 4) is 0 Å². The standard InChI is InChI=1S/C13H22F3N/c14-13(15,16)11-5-1-2-6-12(11)17-9-3-4-10-7-8-10/h10-12,17H,1-9H2. The summed E-state index contributed by atoms with van der Waals surface area (Å²) in [5.41, 5.74) is 0. The van der Waals surface area contributed by atoms with Gasteiger partial charge in [0, 0.05) is 6.04 Å². The van der Waals surface area contributed by atoms with Crippen molar-refractivity contribution < 1.29 is 13.2 Å². The summed E-state index contributed by atoms with van der Waals surface area (Å²) in [5.74, 6) is -0.237. The van der Waals surface area contributed by atoms with Crippen LogP contribution >= 0.6 is 0 Å². The fourth-order valence-electron chi connectivity index (χ4n) is 2.85. The molecule has 0 amide bonds. The Bertz CT molecular complexity index is 235. The number of halogens is 3. The maximum absolute atomic E-state index is 12.8. The van der Waals surface area contributed by atoms with E-state index in [0.717, 1.165) is 31.7 Å². The molecule has 0 saturated heterocycles. The van der Waals surface area contributed by atoms with Gasteiger partial charge in [0.15, 0.2) is 0 Å². The third-order valence-corrected chi connectivity index (χ3v) is 4.08. The summed E-state index contributed by atoms with van der Waals surface area (Å²) >= 11 is 0. The molecule has 0 aliphatic heterocycles. The second-order valence-corrected chi connectivity index (χ2v) is 5.58. The second-order valence-electron chi connectivity index (χ2n) is 5.58. The molecule has 0 aromatic rings. The second kappa shape index (κ2) is 5.59. The van der Waals surface area contributed by atoms with Gasteiger partial charge in [-0.15, -0.1) is 0 Å². The van der Waals surface area contributed by atoms with E-state index >= 15 is 0 Å². The average Bonchev–Trinajstić information content (AvgIpc) is 3.07. The van der Waals surface area contributed by atoms with Crippen molar-refractivity contribution in [2.75, 3.05) is 6.54 Å². The molecule has 0 aromatic heterocycles. The van der Waals surface area contributed by atoms with E-state index in [1.54, 1.807) is 0 Å². The maximum Gasteiger partial charge on any atom is 0.393 e. The van der Waals surface area contributed by atoms with E-state index in [2.05, 4.69) is 5.32 Å². The van der Waals surface area contributed by atoms with Crippen LogP contribution in [0.5, 0.6) is 0 Å². The van der Waals surface area contributed by atoms with Crippen molar-refractivity contribution in [1.29, 1.82) is 0 Å². The minimum atomic E-state index is -4.02. The number of nitrogens with one attached hydrogen (secondary N) is 1. The van der Waals surface area contributed by atoms with Gasteiger partial charge in [0.05, 0.1) is 5.92 Å². The molecule has 2 rings (SSSR count). The summed E-state index contributed by atoms with van der Waals surface area (Å²) in [5, 5.41) is 3.14.